The van der Waals surface area contributed by atoms with E-state index in [1.54, 1.807) is 12.0 Å². The topological polar surface area (TPSA) is 79.0 Å². The van der Waals surface area contributed by atoms with Crippen molar-refractivity contribution in [1.82, 2.24) is 10.2 Å². The van der Waals surface area contributed by atoms with Gasteiger partial charge in [-0.1, -0.05) is 18.2 Å². The van der Waals surface area contributed by atoms with Crippen LogP contribution in [0.4, 0.5) is 5.69 Å². The molecule has 0 saturated carbocycles. The maximum Gasteiger partial charge on any atom is 0.228 e. The fourth-order valence-corrected chi connectivity index (χ4v) is 4.00. The maximum atomic E-state index is 12.9. The number of likely N-dealkylation sites (tertiary alicyclic amines) is 1. The SMILES string of the molecule is COCC(C)NC(=O)C1CCN(C(=O)C2CC(=O)N(c3ccccc3)C2)CC1. The number of nitrogens with one attached hydrogen (secondary N) is 1. The van der Waals surface area contributed by atoms with E-state index >= 15 is 0 Å². The van der Waals surface area contributed by atoms with Crippen molar-refractivity contribution in [2.75, 3.05) is 38.3 Å². The Kier molecular flexibility index (Phi) is 6.67. The first-order chi connectivity index (χ1) is 13.5. The molecule has 3 amide bonds. The Morgan fingerprint density at radius 3 is 2.50 bits per heavy atom. The molecular weight excluding hydrogens is 358 g/mol. The van der Waals surface area contributed by atoms with Crippen molar-refractivity contribution in [1.29, 1.82) is 0 Å². The number of carbonyl (C=O) groups is 3. The Labute approximate surface area is 166 Å². The first-order valence-electron chi connectivity index (χ1n) is 9.93. The van der Waals surface area contributed by atoms with Crippen molar-refractivity contribution >= 4 is 23.4 Å². The number of nitrogens with zero attached hydrogens (tertiary/aromatic N) is 2. The van der Waals surface area contributed by atoms with Crippen molar-refractivity contribution in [3.05, 3.63) is 30.3 Å². The molecule has 0 aliphatic carbocycles. The molecule has 2 aliphatic heterocycles. The van der Waals surface area contributed by atoms with Gasteiger partial charge in [0.25, 0.3) is 0 Å². The van der Waals surface area contributed by atoms with Crippen molar-refractivity contribution in [3.63, 3.8) is 0 Å². The first kappa shape index (κ1) is 20.3. The fraction of sp³-hybridized carbons (Fsp3) is 0.571. The van der Waals surface area contributed by atoms with E-state index in [0.29, 0.717) is 39.1 Å². The van der Waals surface area contributed by atoms with E-state index in [-0.39, 0.29) is 42.0 Å². The van der Waals surface area contributed by atoms with Crippen LogP contribution in [0.1, 0.15) is 26.2 Å². The number of hydrogen-bond acceptors (Lipinski definition) is 4. The van der Waals surface area contributed by atoms with Gasteiger partial charge in [-0.3, -0.25) is 14.4 Å². The number of ether oxygens (including phenoxy) is 1. The summed E-state index contributed by atoms with van der Waals surface area (Å²) < 4.78 is 5.05. The van der Waals surface area contributed by atoms with Crippen molar-refractivity contribution in [3.8, 4) is 0 Å². The summed E-state index contributed by atoms with van der Waals surface area (Å²) in [6, 6.07) is 9.44. The average Bonchev–Trinajstić information content (AvgIpc) is 3.10. The van der Waals surface area contributed by atoms with Gasteiger partial charge in [-0.15, -0.1) is 0 Å². The zero-order valence-electron chi connectivity index (χ0n) is 16.6. The van der Waals surface area contributed by atoms with Crippen LogP contribution in [0.3, 0.4) is 0 Å². The molecule has 1 aromatic rings. The fourth-order valence-electron chi connectivity index (χ4n) is 4.00. The molecule has 7 heteroatoms. The molecule has 2 saturated heterocycles. The van der Waals surface area contributed by atoms with E-state index < -0.39 is 0 Å². The number of anilines is 1. The average molecular weight is 387 g/mol. The van der Waals surface area contributed by atoms with Gasteiger partial charge in [0.05, 0.1) is 12.5 Å². The van der Waals surface area contributed by atoms with E-state index in [0.717, 1.165) is 5.69 Å². The van der Waals surface area contributed by atoms with Crippen LogP contribution >= 0.6 is 0 Å². The van der Waals surface area contributed by atoms with Crippen LogP contribution in [0.25, 0.3) is 0 Å². The highest BCUT2D eigenvalue weighted by Crippen LogP contribution is 2.27. The van der Waals surface area contributed by atoms with E-state index in [4.69, 9.17) is 4.74 Å². The molecule has 3 rings (SSSR count). The second-order valence-corrected chi connectivity index (χ2v) is 7.71. The zero-order valence-corrected chi connectivity index (χ0v) is 16.6. The third kappa shape index (κ3) is 4.70. The predicted octanol–water partition coefficient (Wildman–Crippen LogP) is 1.43. The Bertz CT molecular complexity index is 701. The van der Waals surface area contributed by atoms with Gasteiger partial charge in [0.1, 0.15) is 0 Å². The van der Waals surface area contributed by atoms with Gasteiger partial charge in [-0.05, 0) is 31.9 Å². The summed E-state index contributed by atoms with van der Waals surface area (Å²) in [6.07, 6.45) is 1.56. The van der Waals surface area contributed by atoms with Gasteiger partial charge in [0, 0.05) is 50.8 Å². The van der Waals surface area contributed by atoms with Gasteiger partial charge in [-0.25, -0.2) is 0 Å². The number of hydrogen-bond donors (Lipinski definition) is 1. The summed E-state index contributed by atoms with van der Waals surface area (Å²) in [5.74, 6) is -0.332. The molecule has 152 valence electrons. The molecule has 0 spiro atoms. The number of methoxy groups -OCH3 is 1. The highest BCUT2D eigenvalue weighted by atomic mass is 16.5. The number of rotatable bonds is 6. The van der Waals surface area contributed by atoms with Crippen LogP contribution in [0.5, 0.6) is 0 Å². The lowest BCUT2D eigenvalue weighted by Gasteiger charge is -2.33. The molecule has 1 N–H and O–H groups in total. The largest absolute Gasteiger partial charge is 0.383 e. The van der Waals surface area contributed by atoms with Crippen molar-refractivity contribution in [2.45, 2.75) is 32.2 Å². The second kappa shape index (κ2) is 9.19. The summed E-state index contributed by atoms with van der Waals surface area (Å²) in [5.41, 5.74) is 0.836. The normalized spacial score (nSPS) is 21.6. The molecule has 2 fully saturated rings. The summed E-state index contributed by atoms with van der Waals surface area (Å²) in [7, 11) is 1.61. The Balaban J connectivity index is 1.50. The maximum absolute atomic E-state index is 12.9. The van der Waals surface area contributed by atoms with E-state index in [9.17, 15) is 14.4 Å². The van der Waals surface area contributed by atoms with Gasteiger partial charge in [-0.2, -0.15) is 0 Å². The lowest BCUT2D eigenvalue weighted by atomic mass is 9.94. The summed E-state index contributed by atoms with van der Waals surface area (Å²) in [5, 5.41) is 2.96. The monoisotopic (exact) mass is 387 g/mol. The smallest absolute Gasteiger partial charge is 0.228 e. The molecule has 2 aliphatic rings. The number of para-hydroxylation sites is 1. The lowest BCUT2D eigenvalue weighted by molar-refractivity contribution is -0.139. The molecule has 7 nitrogen and oxygen atoms in total. The summed E-state index contributed by atoms with van der Waals surface area (Å²) in [6.45, 7) is 3.94. The van der Waals surface area contributed by atoms with Crippen molar-refractivity contribution in [2.24, 2.45) is 11.8 Å². The van der Waals surface area contributed by atoms with Gasteiger partial charge in [0.2, 0.25) is 17.7 Å². The third-order valence-electron chi connectivity index (χ3n) is 5.52. The quantitative estimate of drug-likeness (QED) is 0.801. The molecule has 2 unspecified atom stereocenters. The number of amides is 3. The van der Waals surface area contributed by atoms with Crippen LogP contribution in [0, 0.1) is 11.8 Å². The Hall–Kier alpha value is -2.41. The minimum absolute atomic E-state index is 0.00838. The lowest BCUT2D eigenvalue weighted by Crippen LogP contribution is -2.47. The van der Waals surface area contributed by atoms with Crippen LogP contribution in [0.15, 0.2) is 30.3 Å². The van der Waals surface area contributed by atoms with E-state index in [1.807, 2.05) is 42.2 Å². The Morgan fingerprint density at radius 1 is 1.18 bits per heavy atom. The highest BCUT2D eigenvalue weighted by Gasteiger charge is 2.38. The third-order valence-corrected chi connectivity index (χ3v) is 5.52. The minimum atomic E-state index is -0.306. The summed E-state index contributed by atoms with van der Waals surface area (Å²) in [4.78, 5) is 41.1. The van der Waals surface area contributed by atoms with Gasteiger partial charge >= 0.3 is 0 Å². The van der Waals surface area contributed by atoms with Crippen LogP contribution in [-0.2, 0) is 19.1 Å². The van der Waals surface area contributed by atoms with Crippen LogP contribution in [0.2, 0.25) is 0 Å². The van der Waals surface area contributed by atoms with Gasteiger partial charge in [0.15, 0.2) is 0 Å². The van der Waals surface area contributed by atoms with Crippen LogP contribution < -0.4 is 10.2 Å². The Morgan fingerprint density at radius 2 is 1.86 bits per heavy atom. The molecule has 2 atom stereocenters. The number of piperidine rings is 1. The molecule has 0 bridgehead atoms. The highest BCUT2D eigenvalue weighted by molar-refractivity contribution is 6.00. The van der Waals surface area contributed by atoms with Crippen LogP contribution in [-0.4, -0.2) is 62.0 Å². The van der Waals surface area contributed by atoms with E-state index in [2.05, 4.69) is 5.32 Å². The standard InChI is InChI=1S/C21H29N3O4/c1-15(14-28-2)22-20(26)16-8-10-23(11-9-16)21(27)17-12-19(25)24(13-17)18-6-4-3-5-7-18/h3-7,15-17H,8-14H2,1-2H3,(H,22,26). The van der Waals surface area contributed by atoms with Crippen molar-refractivity contribution < 1.29 is 19.1 Å². The second-order valence-electron chi connectivity index (χ2n) is 7.71. The zero-order chi connectivity index (χ0) is 20.1. The molecule has 1 aromatic carbocycles. The molecule has 2 heterocycles. The molecule has 0 aromatic heterocycles. The first-order valence-corrected chi connectivity index (χ1v) is 9.93. The summed E-state index contributed by atoms with van der Waals surface area (Å²) >= 11 is 0. The molecule has 28 heavy (non-hydrogen) atoms. The van der Waals surface area contributed by atoms with Gasteiger partial charge < -0.3 is 19.9 Å². The minimum Gasteiger partial charge on any atom is -0.383 e. The number of benzene rings is 1. The van der Waals surface area contributed by atoms with E-state index in [1.165, 1.54) is 0 Å². The number of carbonyl (C=O) groups excluding carboxylic acids is 3. The molecular formula is C21H29N3O4. The molecule has 0 radical (unpaired) electrons. The predicted molar refractivity (Wildman–Crippen MR) is 106 cm³/mol.